The van der Waals surface area contributed by atoms with Gasteiger partial charge in [0.1, 0.15) is 19.0 Å². The van der Waals surface area contributed by atoms with Crippen LogP contribution < -0.4 is 4.74 Å². The Kier molecular flexibility index (Phi) is 3.15. The second kappa shape index (κ2) is 4.75. The predicted octanol–water partition coefficient (Wildman–Crippen LogP) is 3.00. The largest absolute Gasteiger partial charge is 0.491 e. The molecule has 82 valence electrons. The fourth-order valence-electron chi connectivity index (χ4n) is 1.64. The van der Waals surface area contributed by atoms with Gasteiger partial charge in [0.2, 0.25) is 0 Å². The topological polar surface area (TPSA) is 26.3 Å². The Hall–Kier alpha value is -1.90. The van der Waals surface area contributed by atoms with Gasteiger partial charge in [0.25, 0.3) is 0 Å². The Balaban J connectivity index is 2.43. The number of ether oxygens (including phenoxy) is 1. The van der Waals surface area contributed by atoms with Gasteiger partial charge >= 0.3 is 0 Å². The second-order valence-electron chi connectivity index (χ2n) is 3.39. The lowest BCUT2D eigenvalue weighted by atomic mass is 10.1. The number of alkyl halides is 1. The maximum Gasteiger partial charge on any atom is 0.150 e. The summed E-state index contributed by atoms with van der Waals surface area (Å²) >= 11 is 0. The van der Waals surface area contributed by atoms with Gasteiger partial charge in [0, 0.05) is 5.56 Å². The molecule has 2 nitrogen and oxygen atoms in total. The van der Waals surface area contributed by atoms with Crippen LogP contribution in [0.4, 0.5) is 4.39 Å². The molecule has 2 rings (SSSR count). The van der Waals surface area contributed by atoms with Crippen LogP contribution >= 0.6 is 0 Å². The highest BCUT2D eigenvalue weighted by Gasteiger charge is 2.01. The van der Waals surface area contributed by atoms with Crippen molar-refractivity contribution in [1.29, 1.82) is 0 Å². The molecule has 0 amide bonds. The van der Waals surface area contributed by atoms with Crippen molar-refractivity contribution < 1.29 is 13.9 Å². The third kappa shape index (κ3) is 2.03. The van der Waals surface area contributed by atoms with E-state index in [1.807, 2.05) is 18.2 Å². The maximum atomic E-state index is 11.9. The van der Waals surface area contributed by atoms with Crippen LogP contribution in [0.15, 0.2) is 36.4 Å². The minimum absolute atomic E-state index is 0.0544. The van der Waals surface area contributed by atoms with Crippen molar-refractivity contribution in [3.8, 4) is 5.75 Å². The van der Waals surface area contributed by atoms with Crippen LogP contribution in [0, 0.1) is 0 Å². The molecule has 0 saturated heterocycles. The zero-order valence-electron chi connectivity index (χ0n) is 8.65. The Bertz CT molecular complexity index is 508. The standard InChI is InChI=1S/C13H11FO2/c14-6-7-16-12-4-5-13-10(8-12)2-1-3-11(13)9-15/h1-5,8-9H,6-7H2. The number of rotatable bonds is 4. The third-order valence-electron chi connectivity index (χ3n) is 2.36. The summed E-state index contributed by atoms with van der Waals surface area (Å²) in [6, 6.07) is 10.8. The summed E-state index contributed by atoms with van der Waals surface area (Å²) < 4.78 is 17.1. The summed E-state index contributed by atoms with van der Waals surface area (Å²) in [5.41, 5.74) is 0.648. The van der Waals surface area contributed by atoms with E-state index < -0.39 is 6.67 Å². The minimum Gasteiger partial charge on any atom is -0.491 e. The Morgan fingerprint density at radius 3 is 2.88 bits per heavy atom. The van der Waals surface area contributed by atoms with Gasteiger partial charge in [-0.1, -0.05) is 18.2 Å². The summed E-state index contributed by atoms with van der Waals surface area (Å²) in [5, 5.41) is 1.80. The fraction of sp³-hybridized carbons (Fsp3) is 0.154. The highest BCUT2D eigenvalue weighted by Crippen LogP contribution is 2.23. The lowest BCUT2D eigenvalue weighted by Gasteiger charge is -2.06. The van der Waals surface area contributed by atoms with Crippen molar-refractivity contribution in [3.05, 3.63) is 42.0 Å². The first-order valence-corrected chi connectivity index (χ1v) is 5.02. The van der Waals surface area contributed by atoms with Gasteiger partial charge in [-0.15, -0.1) is 0 Å². The van der Waals surface area contributed by atoms with Crippen molar-refractivity contribution >= 4 is 17.1 Å². The van der Waals surface area contributed by atoms with Crippen LogP contribution in [0.5, 0.6) is 5.75 Å². The van der Waals surface area contributed by atoms with Gasteiger partial charge in [-0.3, -0.25) is 4.79 Å². The van der Waals surface area contributed by atoms with E-state index in [0.29, 0.717) is 11.3 Å². The van der Waals surface area contributed by atoms with Gasteiger partial charge in [-0.05, 0) is 29.0 Å². The van der Waals surface area contributed by atoms with Gasteiger partial charge in [0.05, 0.1) is 0 Å². The minimum atomic E-state index is -0.508. The van der Waals surface area contributed by atoms with Crippen LogP contribution in [0.1, 0.15) is 10.4 Å². The van der Waals surface area contributed by atoms with Crippen LogP contribution in [-0.4, -0.2) is 19.6 Å². The van der Waals surface area contributed by atoms with E-state index in [9.17, 15) is 9.18 Å². The van der Waals surface area contributed by atoms with Crippen LogP contribution in [-0.2, 0) is 0 Å². The molecular weight excluding hydrogens is 207 g/mol. The van der Waals surface area contributed by atoms with Gasteiger partial charge in [-0.25, -0.2) is 4.39 Å². The lowest BCUT2D eigenvalue weighted by molar-refractivity contribution is 0.112. The van der Waals surface area contributed by atoms with Crippen molar-refractivity contribution in [3.63, 3.8) is 0 Å². The molecule has 0 aliphatic carbocycles. The number of halogens is 1. The summed E-state index contributed by atoms with van der Waals surface area (Å²) in [6.07, 6.45) is 0.824. The molecule has 0 aliphatic heterocycles. The van der Waals surface area contributed by atoms with Crippen LogP contribution in [0.3, 0.4) is 0 Å². The molecule has 0 bridgehead atoms. The molecule has 0 radical (unpaired) electrons. The van der Waals surface area contributed by atoms with E-state index in [2.05, 4.69) is 0 Å². The maximum absolute atomic E-state index is 11.9. The molecule has 2 aromatic rings. The number of hydrogen-bond donors (Lipinski definition) is 0. The molecule has 3 heteroatoms. The molecule has 2 aromatic carbocycles. The van der Waals surface area contributed by atoms with E-state index in [0.717, 1.165) is 17.1 Å². The first kappa shape index (κ1) is 10.6. The molecular formula is C13H11FO2. The lowest BCUT2D eigenvalue weighted by Crippen LogP contribution is -1.98. The van der Waals surface area contributed by atoms with E-state index in [1.165, 1.54) is 0 Å². The monoisotopic (exact) mass is 218 g/mol. The average molecular weight is 218 g/mol. The third-order valence-corrected chi connectivity index (χ3v) is 2.36. The fourth-order valence-corrected chi connectivity index (χ4v) is 1.64. The molecule has 0 fully saturated rings. The number of hydrogen-bond acceptors (Lipinski definition) is 2. The van der Waals surface area contributed by atoms with Crippen LogP contribution in [0.2, 0.25) is 0 Å². The van der Waals surface area contributed by atoms with Crippen LogP contribution in [0.25, 0.3) is 10.8 Å². The Labute approximate surface area is 92.6 Å². The smallest absolute Gasteiger partial charge is 0.150 e. The van der Waals surface area contributed by atoms with E-state index in [4.69, 9.17) is 4.74 Å². The molecule has 0 unspecified atom stereocenters. The van der Waals surface area contributed by atoms with Crippen molar-refractivity contribution in [1.82, 2.24) is 0 Å². The zero-order chi connectivity index (χ0) is 11.4. The van der Waals surface area contributed by atoms with Crippen molar-refractivity contribution in [2.45, 2.75) is 0 Å². The summed E-state index contributed by atoms with van der Waals surface area (Å²) in [6.45, 7) is -0.453. The Morgan fingerprint density at radius 2 is 2.12 bits per heavy atom. The quantitative estimate of drug-likeness (QED) is 0.737. The second-order valence-corrected chi connectivity index (χ2v) is 3.39. The normalized spacial score (nSPS) is 10.3. The average Bonchev–Trinajstić information content (AvgIpc) is 2.35. The summed E-state index contributed by atoms with van der Waals surface area (Å²) in [5.74, 6) is 0.619. The molecule has 0 aliphatic rings. The first-order chi connectivity index (χ1) is 7.85. The number of benzene rings is 2. The van der Waals surface area contributed by atoms with Gasteiger partial charge in [-0.2, -0.15) is 0 Å². The molecule has 0 heterocycles. The molecule has 0 aromatic heterocycles. The molecule has 0 N–H and O–H groups in total. The summed E-state index contributed by atoms with van der Waals surface area (Å²) in [7, 11) is 0. The zero-order valence-corrected chi connectivity index (χ0v) is 8.65. The number of fused-ring (bicyclic) bond motifs is 1. The van der Waals surface area contributed by atoms with E-state index in [-0.39, 0.29) is 6.61 Å². The van der Waals surface area contributed by atoms with E-state index >= 15 is 0 Å². The van der Waals surface area contributed by atoms with Gasteiger partial charge in [0.15, 0.2) is 6.29 Å². The SMILES string of the molecule is O=Cc1cccc2cc(OCCF)ccc12. The first-order valence-electron chi connectivity index (χ1n) is 5.02. The van der Waals surface area contributed by atoms with Gasteiger partial charge < -0.3 is 4.74 Å². The molecule has 0 spiro atoms. The molecule has 0 saturated carbocycles. The highest BCUT2D eigenvalue weighted by molar-refractivity contribution is 5.98. The van der Waals surface area contributed by atoms with Crippen molar-refractivity contribution in [2.24, 2.45) is 0 Å². The molecule has 16 heavy (non-hydrogen) atoms. The highest BCUT2D eigenvalue weighted by atomic mass is 19.1. The number of aldehydes is 1. The summed E-state index contributed by atoms with van der Waals surface area (Å²) in [4.78, 5) is 10.8. The number of carbonyl (C=O) groups is 1. The predicted molar refractivity (Wildman–Crippen MR) is 60.8 cm³/mol. The van der Waals surface area contributed by atoms with E-state index in [1.54, 1.807) is 18.2 Å². The number of carbonyl (C=O) groups excluding carboxylic acids is 1. The van der Waals surface area contributed by atoms with Crippen molar-refractivity contribution in [2.75, 3.05) is 13.3 Å². The molecule has 0 atom stereocenters. The Morgan fingerprint density at radius 1 is 1.25 bits per heavy atom.